The fourth-order valence-electron chi connectivity index (χ4n) is 1.28. The van der Waals surface area contributed by atoms with Crippen LogP contribution in [0.3, 0.4) is 0 Å². The van der Waals surface area contributed by atoms with E-state index < -0.39 is 0 Å². The fraction of sp³-hybridized carbons (Fsp3) is 0.300. The van der Waals surface area contributed by atoms with E-state index in [1.54, 1.807) is 20.1 Å². The molecule has 3 nitrogen and oxygen atoms in total. The molecule has 0 saturated carbocycles. The molecule has 2 rings (SSSR count). The molecule has 0 N–H and O–H groups in total. The standard InChI is InChI=1S/C10H10FNO2/c1-6-3-9-8(4-7(6)11)12-10(14-9)5-13-2/h3-4H,5H2,1-2H3. The van der Waals surface area contributed by atoms with Crippen LogP contribution in [0.4, 0.5) is 4.39 Å². The Morgan fingerprint density at radius 2 is 2.29 bits per heavy atom. The van der Waals surface area contributed by atoms with Crippen molar-refractivity contribution in [1.29, 1.82) is 0 Å². The number of halogens is 1. The average Bonchev–Trinajstić information content (AvgIpc) is 2.48. The summed E-state index contributed by atoms with van der Waals surface area (Å²) in [5.74, 6) is 0.197. The molecule has 14 heavy (non-hydrogen) atoms. The van der Waals surface area contributed by atoms with Crippen LogP contribution >= 0.6 is 0 Å². The van der Waals surface area contributed by atoms with Crippen LogP contribution in [-0.2, 0) is 11.3 Å². The molecule has 2 aromatic rings. The Bertz CT molecular complexity index is 425. The van der Waals surface area contributed by atoms with Gasteiger partial charge in [-0.3, -0.25) is 0 Å². The first kappa shape index (κ1) is 9.15. The highest BCUT2D eigenvalue weighted by Gasteiger charge is 2.08. The molecule has 0 aliphatic heterocycles. The van der Waals surface area contributed by atoms with Gasteiger partial charge in [0.05, 0.1) is 0 Å². The number of benzene rings is 1. The van der Waals surface area contributed by atoms with E-state index >= 15 is 0 Å². The van der Waals surface area contributed by atoms with Crippen LogP contribution in [0.5, 0.6) is 0 Å². The first-order chi connectivity index (χ1) is 6.70. The molecule has 1 aromatic heterocycles. The van der Waals surface area contributed by atoms with Gasteiger partial charge in [0, 0.05) is 13.2 Å². The molecule has 0 fully saturated rings. The van der Waals surface area contributed by atoms with E-state index in [1.165, 1.54) is 6.07 Å². The number of fused-ring (bicyclic) bond motifs is 1. The highest BCUT2D eigenvalue weighted by atomic mass is 19.1. The van der Waals surface area contributed by atoms with Crippen LogP contribution in [0.2, 0.25) is 0 Å². The van der Waals surface area contributed by atoms with Crippen LogP contribution < -0.4 is 0 Å². The molecular formula is C10H10FNO2. The zero-order valence-electron chi connectivity index (χ0n) is 8.00. The Balaban J connectivity index is 2.54. The van der Waals surface area contributed by atoms with Crippen molar-refractivity contribution < 1.29 is 13.5 Å². The van der Waals surface area contributed by atoms with Crippen LogP contribution in [-0.4, -0.2) is 12.1 Å². The lowest BCUT2D eigenvalue weighted by Crippen LogP contribution is -1.85. The number of methoxy groups -OCH3 is 1. The van der Waals surface area contributed by atoms with E-state index in [0.29, 0.717) is 29.2 Å². The summed E-state index contributed by atoms with van der Waals surface area (Å²) >= 11 is 0. The second kappa shape index (κ2) is 3.38. The number of rotatable bonds is 2. The van der Waals surface area contributed by atoms with Gasteiger partial charge >= 0.3 is 0 Å². The minimum atomic E-state index is -0.269. The predicted octanol–water partition coefficient (Wildman–Crippen LogP) is 2.42. The lowest BCUT2D eigenvalue weighted by atomic mass is 10.2. The second-order valence-corrected chi connectivity index (χ2v) is 3.11. The monoisotopic (exact) mass is 195 g/mol. The first-order valence-corrected chi connectivity index (χ1v) is 4.25. The van der Waals surface area contributed by atoms with Gasteiger partial charge in [0.1, 0.15) is 17.9 Å². The summed E-state index contributed by atoms with van der Waals surface area (Å²) in [7, 11) is 1.56. The van der Waals surface area contributed by atoms with E-state index in [2.05, 4.69) is 4.98 Å². The summed E-state index contributed by atoms with van der Waals surface area (Å²) in [4.78, 5) is 4.07. The van der Waals surface area contributed by atoms with Crippen molar-refractivity contribution in [3.8, 4) is 0 Å². The molecule has 1 aromatic carbocycles. The van der Waals surface area contributed by atoms with E-state index in [4.69, 9.17) is 9.15 Å². The summed E-state index contributed by atoms with van der Waals surface area (Å²) in [6.07, 6.45) is 0. The Hall–Kier alpha value is -1.42. The fourth-order valence-corrected chi connectivity index (χ4v) is 1.28. The van der Waals surface area contributed by atoms with Gasteiger partial charge in [-0.15, -0.1) is 0 Å². The third-order valence-corrected chi connectivity index (χ3v) is 1.98. The number of aryl methyl sites for hydroxylation is 1. The lowest BCUT2D eigenvalue weighted by molar-refractivity contribution is 0.161. The molecule has 4 heteroatoms. The summed E-state index contributed by atoms with van der Waals surface area (Å²) in [5.41, 5.74) is 1.67. The molecular weight excluding hydrogens is 185 g/mol. The minimum absolute atomic E-state index is 0.269. The third kappa shape index (κ3) is 1.48. The number of ether oxygens (including phenoxy) is 1. The maximum atomic E-state index is 13.1. The highest BCUT2D eigenvalue weighted by molar-refractivity contribution is 5.73. The quantitative estimate of drug-likeness (QED) is 0.738. The molecule has 0 atom stereocenters. The van der Waals surface area contributed by atoms with Crippen molar-refractivity contribution in [2.24, 2.45) is 0 Å². The number of hydrogen-bond donors (Lipinski definition) is 0. The SMILES string of the molecule is COCc1nc2cc(F)c(C)cc2o1. The van der Waals surface area contributed by atoms with E-state index in [-0.39, 0.29) is 5.82 Å². The average molecular weight is 195 g/mol. The van der Waals surface area contributed by atoms with Crippen LogP contribution in [0.1, 0.15) is 11.5 Å². The Morgan fingerprint density at radius 3 is 3.00 bits per heavy atom. The maximum absolute atomic E-state index is 13.1. The van der Waals surface area contributed by atoms with Crippen LogP contribution in [0.25, 0.3) is 11.1 Å². The normalized spacial score (nSPS) is 11.1. The molecule has 0 radical (unpaired) electrons. The van der Waals surface area contributed by atoms with Crippen molar-refractivity contribution in [2.45, 2.75) is 13.5 Å². The maximum Gasteiger partial charge on any atom is 0.221 e. The molecule has 0 amide bonds. The van der Waals surface area contributed by atoms with Gasteiger partial charge < -0.3 is 9.15 Å². The highest BCUT2D eigenvalue weighted by Crippen LogP contribution is 2.19. The smallest absolute Gasteiger partial charge is 0.221 e. The Labute approximate surface area is 80.5 Å². The Kier molecular flexibility index (Phi) is 2.21. The summed E-state index contributed by atoms with van der Waals surface area (Å²) in [6, 6.07) is 3.00. The lowest BCUT2D eigenvalue weighted by Gasteiger charge is -1.92. The van der Waals surface area contributed by atoms with Gasteiger partial charge in [0.15, 0.2) is 5.58 Å². The first-order valence-electron chi connectivity index (χ1n) is 4.25. The molecule has 0 aliphatic rings. The largest absolute Gasteiger partial charge is 0.438 e. The van der Waals surface area contributed by atoms with E-state index in [9.17, 15) is 4.39 Å². The van der Waals surface area contributed by atoms with Crippen molar-refractivity contribution in [3.05, 3.63) is 29.4 Å². The van der Waals surface area contributed by atoms with Gasteiger partial charge in [0.2, 0.25) is 5.89 Å². The van der Waals surface area contributed by atoms with E-state index in [0.717, 1.165) is 0 Å². The second-order valence-electron chi connectivity index (χ2n) is 3.11. The number of nitrogens with zero attached hydrogens (tertiary/aromatic N) is 1. The van der Waals surface area contributed by atoms with E-state index in [1.807, 2.05) is 0 Å². The van der Waals surface area contributed by atoms with Gasteiger partial charge in [-0.1, -0.05) is 0 Å². The molecule has 0 saturated heterocycles. The number of aromatic nitrogens is 1. The molecule has 1 heterocycles. The zero-order chi connectivity index (χ0) is 10.1. The van der Waals surface area contributed by atoms with Crippen LogP contribution in [0.15, 0.2) is 16.5 Å². The molecule has 0 unspecified atom stereocenters. The van der Waals surface area contributed by atoms with Gasteiger partial charge in [-0.2, -0.15) is 0 Å². The van der Waals surface area contributed by atoms with Crippen molar-refractivity contribution in [3.63, 3.8) is 0 Å². The number of oxazole rings is 1. The summed E-state index contributed by atoms with van der Waals surface area (Å²) < 4.78 is 23.3. The van der Waals surface area contributed by atoms with Crippen LogP contribution in [0, 0.1) is 12.7 Å². The molecule has 74 valence electrons. The molecule has 0 bridgehead atoms. The zero-order valence-corrected chi connectivity index (χ0v) is 8.00. The van der Waals surface area contributed by atoms with Crippen molar-refractivity contribution in [2.75, 3.05) is 7.11 Å². The Morgan fingerprint density at radius 1 is 1.50 bits per heavy atom. The molecule has 0 spiro atoms. The van der Waals surface area contributed by atoms with Gasteiger partial charge in [-0.05, 0) is 18.6 Å². The number of hydrogen-bond acceptors (Lipinski definition) is 3. The third-order valence-electron chi connectivity index (χ3n) is 1.98. The molecule has 0 aliphatic carbocycles. The van der Waals surface area contributed by atoms with Gasteiger partial charge in [-0.25, -0.2) is 9.37 Å². The van der Waals surface area contributed by atoms with Gasteiger partial charge in [0.25, 0.3) is 0 Å². The van der Waals surface area contributed by atoms with Crippen molar-refractivity contribution >= 4 is 11.1 Å². The van der Waals surface area contributed by atoms with Crippen molar-refractivity contribution in [1.82, 2.24) is 4.98 Å². The summed E-state index contributed by atoms with van der Waals surface area (Å²) in [5, 5.41) is 0. The minimum Gasteiger partial charge on any atom is -0.438 e. The topological polar surface area (TPSA) is 35.3 Å². The predicted molar refractivity (Wildman–Crippen MR) is 49.4 cm³/mol. The summed E-state index contributed by atoms with van der Waals surface area (Å²) in [6.45, 7) is 1.99.